The van der Waals surface area contributed by atoms with Crippen LogP contribution in [-0.4, -0.2) is 17.3 Å². The number of nitrogens with zero attached hydrogens (tertiary/aromatic N) is 1. The summed E-state index contributed by atoms with van der Waals surface area (Å²) in [4.78, 5) is 6.22. The maximum atomic E-state index is 6.53. The number of aryl methyl sites for hydroxylation is 1. The number of benzene rings is 3. The SMILES string of the molecule is Cc1cc(OCc2ccccc2)cc(ON2C3CC4CC4(c4ccccc4)OC32)c1. The Hall–Kier alpha value is -2.82. The molecule has 3 fully saturated rings. The molecular formula is C26H25NO3. The molecule has 0 bridgehead atoms. The number of hydroxylamine groups is 2. The van der Waals surface area contributed by atoms with Crippen molar-refractivity contribution in [1.29, 1.82) is 0 Å². The Morgan fingerprint density at radius 2 is 1.70 bits per heavy atom. The van der Waals surface area contributed by atoms with Gasteiger partial charge in [-0.1, -0.05) is 60.7 Å². The standard InChI is InChI=1S/C26H25NO3/c1-18-12-22(28-17-19-8-4-2-5-9-19)15-23(13-18)30-27-24-14-21-16-26(21,29-25(24)27)20-10-6-3-7-11-20/h2-13,15,21,24-25H,14,16-17H2,1H3. The molecule has 0 spiro atoms. The number of ether oxygens (including phenoxy) is 2. The van der Waals surface area contributed by atoms with Crippen molar-refractivity contribution in [3.8, 4) is 11.5 Å². The van der Waals surface area contributed by atoms with Crippen molar-refractivity contribution < 1.29 is 14.3 Å². The van der Waals surface area contributed by atoms with E-state index < -0.39 is 0 Å². The highest BCUT2D eigenvalue weighted by Gasteiger charge is 2.70. The molecule has 0 amide bonds. The second-order valence-electron chi connectivity index (χ2n) is 8.68. The summed E-state index contributed by atoms with van der Waals surface area (Å²) in [5.74, 6) is 2.22. The van der Waals surface area contributed by atoms with Crippen molar-refractivity contribution in [2.75, 3.05) is 0 Å². The average Bonchev–Trinajstić information content (AvgIpc) is 3.67. The Bertz CT molecular complexity index is 1050. The van der Waals surface area contributed by atoms with Crippen LogP contribution in [0.4, 0.5) is 0 Å². The molecule has 0 radical (unpaired) electrons. The molecule has 1 aliphatic carbocycles. The molecule has 2 saturated heterocycles. The first-order chi connectivity index (χ1) is 14.7. The van der Waals surface area contributed by atoms with Gasteiger partial charge in [0.25, 0.3) is 0 Å². The van der Waals surface area contributed by atoms with E-state index in [1.165, 1.54) is 5.56 Å². The van der Waals surface area contributed by atoms with Gasteiger partial charge in [0.05, 0.1) is 11.6 Å². The van der Waals surface area contributed by atoms with Crippen molar-refractivity contribution in [2.24, 2.45) is 5.92 Å². The summed E-state index contributed by atoms with van der Waals surface area (Å²) in [5, 5.41) is 2.01. The highest BCUT2D eigenvalue weighted by atomic mass is 16.8. The van der Waals surface area contributed by atoms with Gasteiger partial charge in [-0.3, -0.25) is 0 Å². The van der Waals surface area contributed by atoms with Gasteiger partial charge in [0.15, 0.2) is 12.0 Å². The fraction of sp³-hybridized carbons (Fsp3) is 0.308. The molecule has 2 aliphatic heterocycles. The predicted molar refractivity (Wildman–Crippen MR) is 114 cm³/mol. The smallest absolute Gasteiger partial charge is 0.163 e. The molecule has 0 aromatic heterocycles. The minimum atomic E-state index is -0.100. The molecule has 5 atom stereocenters. The van der Waals surface area contributed by atoms with Gasteiger partial charge in [-0.05, 0) is 54.5 Å². The van der Waals surface area contributed by atoms with Crippen molar-refractivity contribution in [1.82, 2.24) is 5.06 Å². The minimum Gasteiger partial charge on any atom is -0.489 e. The second-order valence-corrected chi connectivity index (χ2v) is 8.68. The van der Waals surface area contributed by atoms with Gasteiger partial charge in [0.1, 0.15) is 12.4 Å². The summed E-state index contributed by atoms with van der Waals surface area (Å²) in [6, 6.07) is 27.2. The van der Waals surface area contributed by atoms with Crippen LogP contribution < -0.4 is 9.57 Å². The van der Waals surface area contributed by atoms with Crippen molar-refractivity contribution in [3.05, 3.63) is 95.6 Å². The topological polar surface area (TPSA) is 30.7 Å². The number of hydrogen-bond donors (Lipinski definition) is 0. The Kier molecular flexibility index (Phi) is 4.12. The number of rotatable bonds is 6. The largest absolute Gasteiger partial charge is 0.489 e. The summed E-state index contributed by atoms with van der Waals surface area (Å²) < 4.78 is 12.5. The van der Waals surface area contributed by atoms with Gasteiger partial charge < -0.3 is 14.3 Å². The lowest BCUT2D eigenvalue weighted by atomic mass is 10.0. The lowest BCUT2D eigenvalue weighted by Crippen LogP contribution is -2.23. The highest BCUT2D eigenvalue weighted by molar-refractivity contribution is 5.38. The van der Waals surface area contributed by atoms with E-state index in [1.807, 2.05) is 41.5 Å². The quantitative estimate of drug-likeness (QED) is 0.532. The third-order valence-electron chi connectivity index (χ3n) is 6.47. The molecule has 3 aliphatic rings. The van der Waals surface area contributed by atoms with Gasteiger partial charge in [0.2, 0.25) is 0 Å². The number of fused-ring (bicyclic) bond motifs is 2. The van der Waals surface area contributed by atoms with Crippen LogP contribution in [0.15, 0.2) is 78.9 Å². The first-order valence-corrected chi connectivity index (χ1v) is 10.7. The van der Waals surface area contributed by atoms with E-state index in [9.17, 15) is 0 Å². The maximum Gasteiger partial charge on any atom is 0.163 e. The monoisotopic (exact) mass is 399 g/mol. The fourth-order valence-electron chi connectivity index (χ4n) is 4.79. The fourth-order valence-corrected chi connectivity index (χ4v) is 4.79. The Morgan fingerprint density at radius 3 is 2.50 bits per heavy atom. The molecule has 4 heteroatoms. The molecule has 4 nitrogen and oxygen atoms in total. The van der Waals surface area contributed by atoms with Gasteiger partial charge >= 0.3 is 0 Å². The van der Waals surface area contributed by atoms with Crippen molar-refractivity contribution >= 4 is 0 Å². The normalized spacial score (nSPS) is 30.7. The zero-order valence-electron chi connectivity index (χ0n) is 17.0. The zero-order valence-corrected chi connectivity index (χ0v) is 17.0. The third kappa shape index (κ3) is 3.17. The van der Waals surface area contributed by atoms with E-state index in [0.717, 1.165) is 35.5 Å². The average molecular weight is 399 g/mol. The van der Waals surface area contributed by atoms with Crippen LogP contribution in [0, 0.1) is 12.8 Å². The first kappa shape index (κ1) is 18.0. The van der Waals surface area contributed by atoms with Gasteiger partial charge in [0, 0.05) is 6.07 Å². The molecule has 2 heterocycles. The third-order valence-corrected chi connectivity index (χ3v) is 6.47. The highest BCUT2D eigenvalue weighted by Crippen LogP contribution is 2.65. The van der Waals surface area contributed by atoms with E-state index in [2.05, 4.69) is 49.4 Å². The maximum absolute atomic E-state index is 6.53. The molecule has 3 aromatic rings. The van der Waals surface area contributed by atoms with E-state index >= 15 is 0 Å². The van der Waals surface area contributed by atoms with Crippen molar-refractivity contribution in [2.45, 2.75) is 44.2 Å². The zero-order chi connectivity index (χ0) is 20.1. The van der Waals surface area contributed by atoms with Gasteiger partial charge in [-0.25, -0.2) is 0 Å². The van der Waals surface area contributed by atoms with E-state index in [1.54, 1.807) is 0 Å². The molecule has 6 rings (SSSR count). The molecule has 3 aromatic carbocycles. The van der Waals surface area contributed by atoms with E-state index in [-0.39, 0.29) is 11.8 Å². The van der Waals surface area contributed by atoms with Gasteiger partial charge in [-0.15, -0.1) is 5.06 Å². The predicted octanol–water partition coefficient (Wildman–Crippen LogP) is 5.21. The number of hydrogen-bond acceptors (Lipinski definition) is 4. The Balaban J connectivity index is 1.13. The summed E-state index contributed by atoms with van der Waals surface area (Å²) in [7, 11) is 0. The van der Waals surface area contributed by atoms with Gasteiger partial charge in [-0.2, -0.15) is 0 Å². The Morgan fingerprint density at radius 1 is 0.967 bits per heavy atom. The van der Waals surface area contributed by atoms with Crippen LogP contribution >= 0.6 is 0 Å². The summed E-state index contributed by atoms with van der Waals surface area (Å²) in [6.45, 7) is 2.61. The van der Waals surface area contributed by atoms with Crippen LogP contribution in [-0.2, 0) is 16.9 Å². The minimum absolute atomic E-state index is 0.0400. The van der Waals surface area contributed by atoms with Crippen molar-refractivity contribution in [3.63, 3.8) is 0 Å². The first-order valence-electron chi connectivity index (χ1n) is 10.7. The molecular weight excluding hydrogens is 374 g/mol. The van der Waals surface area contributed by atoms with E-state index in [0.29, 0.717) is 18.6 Å². The van der Waals surface area contributed by atoms with E-state index in [4.69, 9.17) is 14.3 Å². The van der Waals surface area contributed by atoms with Crippen LogP contribution in [0.1, 0.15) is 29.5 Å². The molecule has 0 N–H and O–H groups in total. The second kappa shape index (κ2) is 6.86. The van der Waals surface area contributed by atoms with Crippen LogP contribution in [0.5, 0.6) is 11.5 Å². The van der Waals surface area contributed by atoms with Crippen LogP contribution in [0.2, 0.25) is 0 Å². The lowest BCUT2D eigenvalue weighted by molar-refractivity contribution is -0.0794. The Labute approximate surface area is 177 Å². The molecule has 5 unspecified atom stereocenters. The molecule has 30 heavy (non-hydrogen) atoms. The molecule has 1 saturated carbocycles. The van der Waals surface area contributed by atoms with Crippen LogP contribution in [0.3, 0.4) is 0 Å². The summed E-state index contributed by atoms with van der Waals surface area (Å²) >= 11 is 0. The van der Waals surface area contributed by atoms with Crippen LogP contribution in [0.25, 0.3) is 0 Å². The lowest BCUT2D eigenvalue weighted by Gasteiger charge is -2.21. The summed E-state index contributed by atoms with van der Waals surface area (Å²) in [5.41, 5.74) is 3.46. The molecule has 152 valence electrons. The summed E-state index contributed by atoms with van der Waals surface area (Å²) in [6.07, 6.45) is 2.29.